The van der Waals surface area contributed by atoms with Gasteiger partial charge in [0.05, 0.1) is 0 Å². The van der Waals surface area contributed by atoms with E-state index in [1.807, 2.05) is 5.32 Å². The number of primary amides is 1. The SMILES string of the molecule is CC(C)[C@H](OC(=O)c1cn2ccccc2n1)C(=O)NC(N)=O. The second kappa shape index (κ2) is 6.25. The number of imidazole rings is 1. The number of carbonyl (C=O) groups excluding carboxylic acids is 3. The lowest BCUT2D eigenvalue weighted by molar-refractivity contribution is -0.130. The van der Waals surface area contributed by atoms with E-state index in [4.69, 9.17) is 10.5 Å². The standard InChI is InChI=1S/C14H16N4O4/c1-8(2)11(12(19)17-14(15)21)22-13(20)9-7-18-6-4-3-5-10(18)16-9/h3-8,11H,1-2H3,(H3,15,17,19,21)/t11-/m0/s1. The monoisotopic (exact) mass is 304 g/mol. The molecule has 0 aliphatic heterocycles. The Morgan fingerprint density at radius 2 is 2.05 bits per heavy atom. The molecule has 3 N–H and O–H groups in total. The summed E-state index contributed by atoms with van der Waals surface area (Å²) in [5, 5.41) is 1.90. The molecule has 0 radical (unpaired) electrons. The number of carbonyl (C=O) groups is 3. The van der Waals surface area contributed by atoms with Crippen molar-refractivity contribution >= 4 is 23.6 Å². The van der Waals surface area contributed by atoms with Crippen molar-refractivity contribution in [1.29, 1.82) is 0 Å². The van der Waals surface area contributed by atoms with Gasteiger partial charge in [-0.1, -0.05) is 19.9 Å². The van der Waals surface area contributed by atoms with Gasteiger partial charge in [0, 0.05) is 12.4 Å². The molecular weight excluding hydrogens is 288 g/mol. The van der Waals surface area contributed by atoms with Gasteiger partial charge < -0.3 is 14.9 Å². The Labute approximate surface area is 126 Å². The molecule has 3 amide bonds. The Morgan fingerprint density at radius 3 is 2.64 bits per heavy atom. The molecule has 2 aromatic heterocycles. The number of imide groups is 1. The zero-order valence-corrected chi connectivity index (χ0v) is 12.1. The number of nitrogens with two attached hydrogens (primary N) is 1. The van der Waals surface area contributed by atoms with E-state index in [1.54, 1.807) is 42.6 Å². The first kappa shape index (κ1) is 15.5. The molecule has 0 saturated carbocycles. The molecule has 2 heterocycles. The Bertz CT molecular complexity index is 689. The molecule has 0 aliphatic carbocycles. The van der Waals surface area contributed by atoms with Crippen LogP contribution in [0.4, 0.5) is 4.79 Å². The fraction of sp³-hybridized carbons (Fsp3) is 0.286. The minimum absolute atomic E-state index is 0.0729. The molecule has 2 aromatic rings. The van der Waals surface area contributed by atoms with Gasteiger partial charge in [-0.15, -0.1) is 0 Å². The zero-order chi connectivity index (χ0) is 16.3. The van der Waals surface area contributed by atoms with Gasteiger partial charge in [0.2, 0.25) is 0 Å². The lowest BCUT2D eigenvalue weighted by Crippen LogP contribution is -2.45. The summed E-state index contributed by atoms with van der Waals surface area (Å²) in [6.45, 7) is 3.37. The van der Waals surface area contributed by atoms with Crippen molar-refractivity contribution in [2.45, 2.75) is 20.0 Å². The molecule has 0 fully saturated rings. The highest BCUT2D eigenvalue weighted by Gasteiger charge is 2.28. The molecule has 0 aromatic carbocycles. The topological polar surface area (TPSA) is 116 Å². The van der Waals surface area contributed by atoms with Crippen LogP contribution in [-0.2, 0) is 9.53 Å². The maximum Gasteiger partial charge on any atom is 0.359 e. The second-order valence-corrected chi connectivity index (χ2v) is 5.02. The molecule has 8 heteroatoms. The van der Waals surface area contributed by atoms with Gasteiger partial charge in [-0.2, -0.15) is 0 Å². The van der Waals surface area contributed by atoms with E-state index >= 15 is 0 Å². The number of esters is 1. The van der Waals surface area contributed by atoms with Gasteiger partial charge in [-0.25, -0.2) is 14.6 Å². The summed E-state index contributed by atoms with van der Waals surface area (Å²) < 4.78 is 6.81. The van der Waals surface area contributed by atoms with Crippen LogP contribution in [0.25, 0.3) is 5.65 Å². The number of aromatic nitrogens is 2. The Hall–Kier alpha value is -2.90. The van der Waals surface area contributed by atoms with Crippen LogP contribution in [0, 0.1) is 5.92 Å². The summed E-state index contributed by atoms with van der Waals surface area (Å²) in [6, 6.07) is 4.31. The number of rotatable bonds is 4. The number of hydrogen-bond acceptors (Lipinski definition) is 5. The summed E-state index contributed by atoms with van der Waals surface area (Å²) in [5.74, 6) is -1.85. The highest BCUT2D eigenvalue weighted by atomic mass is 16.5. The maximum absolute atomic E-state index is 12.1. The van der Waals surface area contributed by atoms with Crippen LogP contribution in [0.1, 0.15) is 24.3 Å². The van der Waals surface area contributed by atoms with E-state index < -0.39 is 24.0 Å². The number of amides is 3. The van der Waals surface area contributed by atoms with Crippen molar-refractivity contribution in [3.63, 3.8) is 0 Å². The van der Waals surface area contributed by atoms with E-state index in [1.165, 1.54) is 6.20 Å². The fourth-order valence-electron chi connectivity index (χ4n) is 1.89. The number of ether oxygens (including phenoxy) is 1. The minimum atomic E-state index is -1.13. The molecule has 0 aliphatic rings. The average molecular weight is 304 g/mol. The van der Waals surface area contributed by atoms with Crippen molar-refractivity contribution in [1.82, 2.24) is 14.7 Å². The maximum atomic E-state index is 12.1. The average Bonchev–Trinajstić information content (AvgIpc) is 2.87. The van der Waals surface area contributed by atoms with Gasteiger partial charge in [0.1, 0.15) is 5.65 Å². The first-order chi connectivity index (χ1) is 10.4. The molecule has 0 bridgehead atoms. The molecule has 116 valence electrons. The van der Waals surface area contributed by atoms with E-state index in [0.29, 0.717) is 5.65 Å². The molecule has 0 spiro atoms. The first-order valence-corrected chi connectivity index (χ1v) is 6.63. The van der Waals surface area contributed by atoms with E-state index in [2.05, 4.69) is 4.98 Å². The van der Waals surface area contributed by atoms with Crippen LogP contribution in [0.3, 0.4) is 0 Å². The normalized spacial score (nSPS) is 12.1. The molecule has 0 unspecified atom stereocenters. The predicted molar refractivity (Wildman–Crippen MR) is 77.0 cm³/mol. The number of fused-ring (bicyclic) bond motifs is 1. The summed E-state index contributed by atoms with van der Waals surface area (Å²) in [4.78, 5) is 38.8. The Kier molecular flexibility index (Phi) is 4.40. The molecular formula is C14H16N4O4. The van der Waals surface area contributed by atoms with Crippen LogP contribution in [0.5, 0.6) is 0 Å². The Balaban J connectivity index is 2.17. The molecule has 1 atom stereocenters. The Morgan fingerprint density at radius 1 is 1.32 bits per heavy atom. The summed E-state index contributed by atoms with van der Waals surface area (Å²) in [7, 11) is 0. The summed E-state index contributed by atoms with van der Waals surface area (Å²) in [5.41, 5.74) is 5.55. The van der Waals surface area contributed by atoms with Crippen LogP contribution in [-0.4, -0.2) is 33.4 Å². The molecule has 8 nitrogen and oxygen atoms in total. The quantitative estimate of drug-likeness (QED) is 0.807. The molecule has 2 rings (SSSR count). The molecule has 0 saturated heterocycles. The third-order valence-electron chi connectivity index (χ3n) is 2.92. The van der Waals surface area contributed by atoms with Gasteiger partial charge in [-0.05, 0) is 18.1 Å². The number of nitrogens with one attached hydrogen (secondary N) is 1. The lowest BCUT2D eigenvalue weighted by Gasteiger charge is -2.19. The third kappa shape index (κ3) is 3.40. The number of hydrogen-bond donors (Lipinski definition) is 2. The predicted octanol–water partition coefficient (Wildman–Crippen LogP) is 0.711. The van der Waals surface area contributed by atoms with Gasteiger partial charge in [-0.3, -0.25) is 10.1 Å². The van der Waals surface area contributed by atoms with E-state index in [0.717, 1.165) is 0 Å². The second-order valence-electron chi connectivity index (χ2n) is 5.02. The smallest absolute Gasteiger partial charge is 0.359 e. The number of urea groups is 1. The molecule has 22 heavy (non-hydrogen) atoms. The van der Waals surface area contributed by atoms with E-state index in [-0.39, 0.29) is 11.6 Å². The minimum Gasteiger partial charge on any atom is -0.447 e. The van der Waals surface area contributed by atoms with Crippen molar-refractivity contribution in [3.8, 4) is 0 Å². The van der Waals surface area contributed by atoms with Crippen LogP contribution < -0.4 is 11.1 Å². The van der Waals surface area contributed by atoms with E-state index in [9.17, 15) is 14.4 Å². The summed E-state index contributed by atoms with van der Waals surface area (Å²) >= 11 is 0. The number of pyridine rings is 1. The van der Waals surface area contributed by atoms with Crippen molar-refractivity contribution in [2.24, 2.45) is 11.7 Å². The van der Waals surface area contributed by atoms with Gasteiger partial charge in [0.15, 0.2) is 11.8 Å². The van der Waals surface area contributed by atoms with Crippen molar-refractivity contribution in [2.75, 3.05) is 0 Å². The van der Waals surface area contributed by atoms with Gasteiger partial charge >= 0.3 is 12.0 Å². The zero-order valence-electron chi connectivity index (χ0n) is 12.1. The first-order valence-electron chi connectivity index (χ1n) is 6.63. The van der Waals surface area contributed by atoms with Crippen molar-refractivity contribution in [3.05, 3.63) is 36.3 Å². The van der Waals surface area contributed by atoms with Crippen LogP contribution in [0.15, 0.2) is 30.6 Å². The summed E-state index contributed by atoms with van der Waals surface area (Å²) in [6.07, 6.45) is 2.10. The highest BCUT2D eigenvalue weighted by molar-refractivity contribution is 5.98. The largest absolute Gasteiger partial charge is 0.447 e. The fourth-order valence-corrected chi connectivity index (χ4v) is 1.89. The third-order valence-corrected chi connectivity index (χ3v) is 2.92. The van der Waals surface area contributed by atoms with Gasteiger partial charge in [0.25, 0.3) is 5.91 Å². The lowest BCUT2D eigenvalue weighted by atomic mass is 10.1. The van der Waals surface area contributed by atoms with Crippen LogP contribution in [0.2, 0.25) is 0 Å². The number of nitrogens with zero attached hydrogens (tertiary/aromatic N) is 2. The highest BCUT2D eigenvalue weighted by Crippen LogP contribution is 2.12. The van der Waals surface area contributed by atoms with Crippen LogP contribution >= 0.6 is 0 Å². The van der Waals surface area contributed by atoms with Crippen molar-refractivity contribution < 1.29 is 19.1 Å².